The van der Waals surface area contributed by atoms with Crippen molar-refractivity contribution in [3.05, 3.63) is 0 Å². The molecule has 0 spiro atoms. The van der Waals surface area contributed by atoms with Gasteiger partial charge in [-0.15, -0.1) is 0 Å². The second-order valence-corrected chi connectivity index (χ2v) is 5.50. The summed E-state index contributed by atoms with van der Waals surface area (Å²) < 4.78 is 0. The lowest BCUT2D eigenvalue weighted by atomic mass is 9.96. The molecule has 0 aliphatic rings. The van der Waals surface area contributed by atoms with Gasteiger partial charge in [-0.1, -0.05) is 20.8 Å². The van der Waals surface area contributed by atoms with E-state index in [2.05, 4.69) is 5.32 Å². The second-order valence-electron chi connectivity index (χ2n) is 5.50. The number of aliphatic hydroxyl groups is 1. The van der Waals surface area contributed by atoms with Crippen LogP contribution in [0.5, 0.6) is 0 Å². The van der Waals surface area contributed by atoms with E-state index in [0.29, 0.717) is 32.4 Å². The smallest absolute Gasteiger partial charge is 0.225 e. The highest BCUT2D eigenvalue weighted by molar-refractivity contribution is 5.81. The van der Waals surface area contributed by atoms with E-state index in [0.717, 1.165) is 0 Å². The Morgan fingerprint density at radius 1 is 1.22 bits per heavy atom. The number of nitrogens with one attached hydrogen (secondary N) is 1. The van der Waals surface area contributed by atoms with Gasteiger partial charge in [0.15, 0.2) is 0 Å². The number of hydrogen-bond donors (Lipinski definition) is 2. The van der Waals surface area contributed by atoms with E-state index in [1.165, 1.54) is 0 Å². The Morgan fingerprint density at radius 2 is 1.83 bits per heavy atom. The zero-order valence-electron chi connectivity index (χ0n) is 12.0. The molecular formula is C13H26N2O3. The predicted octanol–water partition coefficient (Wildman–Crippen LogP) is 0.770. The first-order chi connectivity index (χ1) is 8.29. The van der Waals surface area contributed by atoms with Gasteiger partial charge in [0.2, 0.25) is 11.8 Å². The highest BCUT2D eigenvalue weighted by Crippen LogP contribution is 2.12. The topological polar surface area (TPSA) is 69.6 Å². The molecule has 0 heterocycles. The van der Waals surface area contributed by atoms with Crippen molar-refractivity contribution in [2.24, 2.45) is 5.41 Å². The fraction of sp³-hybridized carbons (Fsp3) is 0.846. The van der Waals surface area contributed by atoms with Crippen molar-refractivity contribution in [3.8, 4) is 0 Å². The molecule has 0 aromatic carbocycles. The number of carbonyl (C=O) groups is 2. The van der Waals surface area contributed by atoms with Gasteiger partial charge in [-0.3, -0.25) is 9.59 Å². The van der Waals surface area contributed by atoms with Gasteiger partial charge in [-0.05, 0) is 12.8 Å². The highest BCUT2D eigenvalue weighted by Gasteiger charge is 2.20. The summed E-state index contributed by atoms with van der Waals surface area (Å²) >= 11 is 0. The zero-order valence-corrected chi connectivity index (χ0v) is 12.0. The molecule has 2 N–H and O–H groups in total. The SMILES string of the molecule is CN(CCCO)C(=O)CCCNC(=O)C(C)(C)C. The van der Waals surface area contributed by atoms with Gasteiger partial charge in [0.05, 0.1) is 0 Å². The van der Waals surface area contributed by atoms with E-state index in [-0.39, 0.29) is 23.8 Å². The van der Waals surface area contributed by atoms with Crippen LogP contribution in [0.4, 0.5) is 0 Å². The predicted molar refractivity (Wildman–Crippen MR) is 71.0 cm³/mol. The van der Waals surface area contributed by atoms with Gasteiger partial charge in [0.25, 0.3) is 0 Å². The Balaban J connectivity index is 3.72. The minimum absolute atomic E-state index is 0.00332. The molecule has 106 valence electrons. The van der Waals surface area contributed by atoms with Crippen molar-refractivity contribution in [1.82, 2.24) is 10.2 Å². The third-order valence-electron chi connectivity index (χ3n) is 2.61. The normalized spacial score (nSPS) is 11.2. The molecule has 0 aromatic heterocycles. The third kappa shape index (κ3) is 7.27. The molecule has 0 fully saturated rings. The molecule has 0 atom stereocenters. The lowest BCUT2D eigenvalue weighted by molar-refractivity contribution is -0.131. The molecule has 0 bridgehead atoms. The molecule has 2 amide bonds. The van der Waals surface area contributed by atoms with Crippen molar-refractivity contribution in [2.75, 3.05) is 26.7 Å². The Kier molecular flexibility index (Phi) is 7.59. The summed E-state index contributed by atoms with van der Waals surface area (Å²) in [7, 11) is 1.73. The lowest BCUT2D eigenvalue weighted by Crippen LogP contribution is -2.36. The summed E-state index contributed by atoms with van der Waals surface area (Å²) in [6.45, 7) is 6.76. The summed E-state index contributed by atoms with van der Waals surface area (Å²) in [5.74, 6) is 0.0528. The van der Waals surface area contributed by atoms with Crippen LogP contribution in [0.2, 0.25) is 0 Å². The van der Waals surface area contributed by atoms with E-state index in [4.69, 9.17) is 5.11 Å². The van der Waals surface area contributed by atoms with Crippen molar-refractivity contribution < 1.29 is 14.7 Å². The van der Waals surface area contributed by atoms with Crippen molar-refractivity contribution >= 4 is 11.8 Å². The first-order valence-electron chi connectivity index (χ1n) is 6.42. The van der Waals surface area contributed by atoms with E-state index < -0.39 is 0 Å². The summed E-state index contributed by atoms with van der Waals surface area (Å²) in [6, 6.07) is 0. The number of carbonyl (C=O) groups excluding carboxylic acids is 2. The van der Waals surface area contributed by atoms with Gasteiger partial charge in [-0.25, -0.2) is 0 Å². The van der Waals surface area contributed by atoms with E-state index in [9.17, 15) is 9.59 Å². The van der Waals surface area contributed by atoms with Crippen LogP contribution in [0.3, 0.4) is 0 Å². The van der Waals surface area contributed by atoms with Crippen LogP contribution in [0.25, 0.3) is 0 Å². The molecule has 0 aromatic rings. The molecule has 0 aliphatic heterocycles. The van der Waals surface area contributed by atoms with Crippen LogP contribution in [-0.2, 0) is 9.59 Å². The Morgan fingerprint density at radius 3 is 2.33 bits per heavy atom. The van der Waals surface area contributed by atoms with Crippen LogP contribution in [0.1, 0.15) is 40.0 Å². The minimum atomic E-state index is -0.387. The van der Waals surface area contributed by atoms with E-state index >= 15 is 0 Å². The van der Waals surface area contributed by atoms with Gasteiger partial charge >= 0.3 is 0 Å². The minimum Gasteiger partial charge on any atom is -0.396 e. The maximum absolute atomic E-state index is 11.6. The molecule has 0 rings (SSSR count). The zero-order chi connectivity index (χ0) is 14.2. The highest BCUT2D eigenvalue weighted by atomic mass is 16.3. The van der Waals surface area contributed by atoms with Gasteiger partial charge < -0.3 is 15.3 Å². The van der Waals surface area contributed by atoms with Crippen LogP contribution < -0.4 is 5.32 Å². The number of amides is 2. The van der Waals surface area contributed by atoms with E-state index in [1.54, 1.807) is 11.9 Å². The standard InChI is InChI=1S/C13H26N2O3/c1-13(2,3)12(18)14-8-5-7-11(17)15(4)9-6-10-16/h16H,5-10H2,1-4H3,(H,14,18). The Labute approximate surface area is 110 Å². The molecule has 0 radical (unpaired) electrons. The van der Waals surface area contributed by atoms with E-state index in [1.807, 2.05) is 20.8 Å². The van der Waals surface area contributed by atoms with Gasteiger partial charge in [-0.2, -0.15) is 0 Å². The quantitative estimate of drug-likeness (QED) is 0.663. The fourth-order valence-corrected chi connectivity index (χ4v) is 1.33. The summed E-state index contributed by atoms with van der Waals surface area (Å²) in [6.07, 6.45) is 1.67. The molecule has 5 nitrogen and oxygen atoms in total. The first kappa shape index (κ1) is 16.9. The number of nitrogens with zero attached hydrogens (tertiary/aromatic N) is 1. The summed E-state index contributed by atoms with van der Waals surface area (Å²) in [5, 5.41) is 11.5. The average Bonchev–Trinajstić information content (AvgIpc) is 2.29. The number of hydrogen-bond acceptors (Lipinski definition) is 3. The lowest BCUT2D eigenvalue weighted by Gasteiger charge is -2.18. The molecular weight excluding hydrogens is 232 g/mol. The summed E-state index contributed by atoms with van der Waals surface area (Å²) in [5.41, 5.74) is -0.387. The van der Waals surface area contributed by atoms with Crippen LogP contribution in [-0.4, -0.2) is 48.6 Å². The first-order valence-corrected chi connectivity index (χ1v) is 6.42. The monoisotopic (exact) mass is 258 g/mol. The molecule has 0 aliphatic carbocycles. The molecule has 18 heavy (non-hydrogen) atoms. The van der Waals surface area contributed by atoms with Crippen LogP contribution >= 0.6 is 0 Å². The number of rotatable bonds is 7. The molecule has 0 saturated carbocycles. The van der Waals surface area contributed by atoms with Crippen LogP contribution in [0.15, 0.2) is 0 Å². The largest absolute Gasteiger partial charge is 0.396 e. The third-order valence-corrected chi connectivity index (χ3v) is 2.61. The van der Waals surface area contributed by atoms with Crippen molar-refractivity contribution in [2.45, 2.75) is 40.0 Å². The maximum Gasteiger partial charge on any atom is 0.225 e. The van der Waals surface area contributed by atoms with Gasteiger partial charge in [0, 0.05) is 38.6 Å². The second kappa shape index (κ2) is 8.08. The Hall–Kier alpha value is -1.10. The maximum atomic E-state index is 11.6. The summed E-state index contributed by atoms with van der Waals surface area (Å²) in [4.78, 5) is 24.8. The fourth-order valence-electron chi connectivity index (χ4n) is 1.33. The number of aliphatic hydroxyl groups excluding tert-OH is 1. The van der Waals surface area contributed by atoms with Crippen molar-refractivity contribution in [1.29, 1.82) is 0 Å². The van der Waals surface area contributed by atoms with Gasteiger partial charge in [0.1, 0.15) is 0 Å². The van der Waals surface area contributed by atoms with Crippen molar-refractivity contribution in [3.63, 3.8) is 0 Å². The van der Waals surface area contributed by atoms with Crippen LogP contribution in [0, 0.1) is 5.41 Å². The average molecular weight is 258 g/mol. The molecule has 0 unspecified atom stereocenters. The molecule has 0 saturated heterocycles. The Bertz CT molecular complexity index is 272. The molecule has 5 heteroatoms.